The van der Waals surface area contributed by atoms with Crippen molar-refractivity contribution in [2.24, 2.45) is 0 Å². The summed E-state index contributed by atoms with van der Waals surface area (Å²) in [4.78, 5) is 24.2. The number of carbonyl (C=O) groups is 2. The van der Waals surface area contributed by atoms with Crippen LogP contribution in [0.2, 0.25) is 0 Å². The van der Waals surface area contributed by atoms with Gasteiger partial charge in [0.05, 0.1) is 6.61 Å². The molecule has 104 valence electrons. The third-order valence-corrected chi connectivity index (χ3v) is 2.44. The van der Waals surface area contributed by atoms with Crippen molar-refractivity contribution in [2.75, 3.05) is 26.3 Å². The molecule has 0 saturated carbocycles. The van der Waals surface area contributed by atoms with Crippen LogP contribution in [0.3, 0.4) is 0 Å². The minimum Gasteiger partial charge on any atom is -0.370 e. The average Bonchev–Trinajstić information content (AvgIpc) is 2.35. The highest BCUT2D eigenvalue weighted by atomic mass is 19.4. The molecule has 1 saturated heterocycles. The van der Waals surface area contributed by atoms with Crippen LogP contribution in [-0.4, -0.2) is 55.2 Å². The molecule has 0 spiro atoms. The lowest BCUT2D eigenvalue weighted by Crippen LogP contribution is -2.43. The first-order valence-electron chi connectivity index (χ1n) is 5.52. The molecule has 5 nitrogen and oxygen atoms in total. The minimum absolute atomic E-state index is 0.0498. The Morgan fingerprint density at radius 1 is 1.44 bits per heavy atom. The van der Waals surface area contributed by atoms with E-state index < -0.39 is 18.8 Å². The molecule has 0 aromatic rings. The summed E-state index contributed by atoms with van der Waals surface area (Å²) in [7, 11) is 0. The van der Waals surface area contributed by atoms with E-state index in [4.69, 9.17) is 0 Å². The lowest BCUT2D eigenvalue weighted by Gasteiger charge is -2.22. The number of hydrogen-bond acceptors (Lipinski definition) is 3. The van der Waals surface area contributed by atoms with Crippen LogP contribution in [0.15, 0.2) is 0 Å². The quantitative estimate of drug-likeness (QED) is 0.746. The number of alkyl halides is 3. The number of carbonyl (C=O) groups excluding carboxylic acids is 2. The molecule has 0 bridgehead atoms. The molecular formula is C10H15F3N2O3. The number of ether oxygens (including phenoxy) is 1. The Morgan fingerprint density at radius 2 is 2.11 bits per heavy atom. The zero-order valence-electron chi connectivity index (χ0n) is 9.92. The summed E-state index contributed by atoms with van der Waals surface area (Å²) in [5.41, 5.74) is 0. The highest BCUT2D eigenvalue weighted by molar-refractivity contribution is 5.89. The van der Waals surface area contributed by atoms with Crippen LogP contribution < -0.4 is 5.32 Å². The molecule has 8 heteroatoms. The van der Waals surface area contributed by atoms with Crippen LogP contribution in [0.1, 0.15) is 13.3 Å². The monoisotopic (exact) mass is 268 g/mol. The van der Waals surface area contributed by atoms with E-state index in [9.17, 15) is 22.8 Å². The molecule has 18 heavy (non-hydrogen) atoms. The number of nitrogens with zero attached hydrogens (tertiary/aromatic N) is 1. The van der Waals surface area contributed by atoms with E-state index in [1.807, 2.05) is 0 Å². The molecule has 0 aromatic carbocycles. The van der Waals surface area contributed by atoms with Crippen molar-refractivity contribution in [2.45, 2.75) is 25.6 Å². The Morgan fingerprint density at radius 3 is 2.72 bits per heavy atom. The predicted molar refractivity (Wildman–Crippen MR) is 55.7 cm³/mol. The second-order valence-electron chi connectivity index (χ2n) is 4.03. The van der Waals surface area contributed by atoms with Crippen LogP contribution in [0.25, 0.3) is 0 Å². The Bertz CT molecular complexity index is 320. The lowest BCUT2D eigenvalue weighted by molar-refractivity contribution is -0.174. The maximum atomic E-state index is 11.8. The SMILES string of the molecule is CC1NC(=O)CCN(CCOCC(F)(F)F)C1=O. The molecular weight excluding hydrogens is 253 g/mol. The van der Waals surface area contributed by atoms with Gasteiger partial charge in [-0.05, 0) is 6.92 Å². The normalized spacial score (nSPS) is 21.8. The maximum absolute atomic E-state index is 11.8. The second kappa shape index (κ2) is 6.03. The zero-order valence-corrected chi connectivity index (χ0v) is 9.92. The third kappa shape index (κ3) is 4.91. The first kappa shape index (κ1) is 14.7. The summed E-state index contributed by atoms with van der Waals surface area (Å²) in [5, 5.41) is 2.49. The number of rotatable bonds is 4. The van der Waals surface area contributed by atoms with Crippen molar-refractivity contribution in [3.63, 3.8) is 0 Å². The van der Waals surface area contributed by atoms with Gasteiger partial charge >= 0.3 is 6.18 Å². The van der Waals surface area contributed by atoms with Gasteiger partial charge in [-0.3, -0.25) is 9.59 Å². The molecule has 1 unspecified atom stereocenters. The van der Waals surface area contributed by atoms with Gasteiger partial charge in [-0.15, -0.1) is 0 Å². The average molecular weight is 268 g/mol. The predicted octanol–water partition coefficient (Wildman–Crippen LogP) is 0.302. The zero-order chi connectivity index (χ0) is 13.8. The summed E-state index contributed by atoms with van der Waals surface area (Å²) >= 11 is 0. The van der Waals surface area contributed by atoms with Crippen LogP contribution in [-0.2, 0) is 14.3 Å². The van der Waals surface area contributed by atoms with Crippen molar-refractivity contribution in [1.82, 2.24) is 10.2 Å². The van der Waals surface area contributed by atoms with Gasteiger partial charge in [-0.1, -0.05) is 0 Å². The van der Waals surface area contributed by atoms with Crippen LogP contribution in [0.4, 0.5) is 13.2 Å². The summed E-state index contributed by atoms with van der Waals surface area (Å²) < 4.78 is 39.9. The van der Waals surface area contributed by atoms with Gasteiger partial charge in [0, 0.05) is 19.5 Å². The van der Waals surface area contributed by atoms with E-state index in [-0.39, 0.29) is 37.9 Å². The topological polar surface area (TPSA) is 58.6 Å². The first-order chi connectivity index (χ1) is 8.29. The second-order valence-corrected chi connectivity index (χ2v) is 4.03. The highest BCUT2D eigenvalue weighted by Crippen LogP contribution is 2.14. The van der Waals surface area contributed by atoms with Gasteiger partial charge < -0.3 is 15.0 Å². The molecule has 0 radical (unpaired) electrons. The number of halogens is 3. The van der Waals surface area contributed by atoms with Crippen LogP contribution in [0.5, 0.6) is 0 Å². The molecule has 1 N–H and O–H groups in total. The van der Waals surface area contributed by atoms with Crippen LogP contribution in [0, 0.1) is 0 Å². The fourth-order valence-electron chi connectivity index (χ4n) is 1.58. The summed E-state index contributed by atoms with van der Waals surface area (Å²) in [5.74, 6) is -0.550. The Kier molecular flexibility index (Phi) is 4.94. The van der Waals surface area contributed by atoms with Gasteiger partial charge in [0.25, 0.3) is 0 Å². The summed E-state index contributed by atoms with van der Waals surface area (Å²) in [6.45, 7) is 0.252. The molecule has 0 aliphatic carbocycles. The Hall–Kier alpha value is -1.31. The molecule has 2 amide bonds. The van der Waals surface area contributed by atoms with E-state index in [1.165, 1.54) is 11.8 Å². The highest BCUT2D eigenvalue weighted by Gasteiger charge is 2.29. The van der Waals surface area contributed by atoms with E-state index in [1.54, 1.807) is 0 Å². The summed E-state index contributed by atoms with van der Waals surface area (Å²) in [6.07, 6.45) is -4.22. The molecule has 1 fully saturated rings. The van der Waals surface area contributed by atoms with E-state index in [0.29, 0.717) is 0 Å². The minimum atomic E-state index is -4.37. The molecule has 1 aliphatic heterocycles. The fraction of sp³-hybridized carbons (Fsp3) is 0.800. The first-order valence-corrected chi connectivity index (χ1v) is 5.52. The van der Waals surface area contributed by atoms with Crippen molar-refractivity contribution in [3.8, 4) is 0 Å². The number of hydrogen-bond donors (Lipinski definition) is 1. The molecule has 1 atom stereocenters. The van der Waals surface area contributed by atoms with Gasteiger partial charge in [-0.2, -0.15) is 13.2 Å². The van der Waals surface area contributed by atoms with Gasteiger partial charge in [0.1, 0.15) is 12.6 Å². The van der Waals surface area contributed by atoms with Gasteiger partial charge in [0.15, 0.2) is 0 Å². The van der Waals surface area contributed by atoms with Crippen molar-refractivity contribution >= 4 is 11.8 Å². The smallest absolute Gasteiger partial charge is 0.370 e. The van der Waals surface area contributed by atoms with Gasteiger partial charge in [0.2, 0.25) is 11.8 Å². The van der Waals surface area contributed by atoms with Crippen molar-refractivity contribution in [3.05, 3.63) is 0 Å². The van der Waals surface area contributed by atoms with Crippen molar-refractivity contribution < 1.29 is 27.5 Å². The third-order valence-electron chi connectivity index (χ3n) is 2.44. The molecule has 1 rings (SSSR count). The van der Waals surface area contributed by atoms with Crippen LogP contribution >= 0.6 is 0 Å². The number of amides is 2. The largest absolute Gasteiger partial charge is 0.411 e. The Balaban J connectivity index is 2.36. The molecule has 1 aliphatic rings. The molecule has 0 aromatic heterocycles. The van der Waals surface area contributed by atoms with Gasteiger partial charge in [-0.25, -0.2) is 0 Å². The summed E-state index contributed by atoms with van der Waals surface area (Å²) in [6, 6.07) is -0.650. The van der Waals surface area contributed by atoms with E-state index in [2.05, 4.69) is 10.1 Å². The fourth-order valence-corrected chi connectivity index (χ4v) is 1.58. The maximum Gasteiger partial charge on any atom is 0.411 e. The van der Waals surface area contributed by atoms with E-state index in [0.717, 1.165) is 0 Å². The van der Waals surface area contributed by atoms with E-state index >= 15 is 0 Å². The Labute approximate surface area is 102 Å². The lowest BCUT2D eigenvalue weighted by atomic mass is 10.3. The standard InChI is InChI=1S/C10H15F3N2O3/c1-7-9(17)15(3-2-8(16)14-7)4-5-18-6-10(11,12)13/h7H,2-6H2,1H3,(H,14,16). The molecule has 1 heterocycles. The van der Waals surface area contributed by atoms with Crippen molar-refractivity contribution in [1.29, 1.82) is 0 Å². The number of nitrogens with one attached hydrogen (secondary N) is 1.